The van der Waals surface area contributed by atoms with E-state index in [0.29, 0.717) is 24.9 Å². The maximum Gasteiger partial charge on any atom is 0.233 e. The van der Waals surface area contributed by atoms with Crippen LogP contribution in [0.4, 0.5) is 0 Å². The monoisotopic (exact) mass is 362 g/mol. The molecule has 8 heteroatoms. The number of hydrogen-bond donors (Lipinski definition) is 2. The SMILES string of the molecule is CCOc1ccc2nc(SCC(=O)N3CCC[C@H](C(N)=O)C3)[nH]c2c1. The molecule has 2 heterocycles. The van der Waals surface area contributed by atoms with E-state index in [1.807, 2.05) is 25.1 Å². The molecule has 0 bridgehead atoms. The molecule has 0 aliphatic carbocycles. The number of nitrogens with zero attached hydrogens (tertiary/aromatic N) is 2. The van der Waals surface area contributed by atoms with Gasteiger partial charge in [0.15, 0.2) is 5.16 Å². The Hall–Kier alpha value is -2.22. The Balaban J connectivity index is 1.60. The summed E-state index contributed by atoms with van der Waals surface area (Å²) in [7, 11) is 0. The van der Waals surface area contributed by atoms with Crippen LogP contribution in [0, 0.1) is 5.92 Å². The molecule has 1 aromatic heterocycles. The summed E-state index contributed by atoms with van der Waals surface area (Å²) in [6.45, 7) is 3.65. The number of imidazole rings is 1. The standard InChI is InChI=1S/C17H22N4O3S/c1-2-24-12-5-6-13-14(8-12)20-17(19-13)25-10-15(22)21-7-3-4-11(9-21)16(18)23/h5-6,8,11H,2-4,7,9-10H2,1H3,(H2,18,23)(H,19,20)/t11-/m0/s1. The Morgan fingerprint density at radius 1 is 1.48 bits per heavy atom. The molecule has 0 unspecified atom stereocenters. The lowest BCUT2D eigenvalue weighted by Crippen LogP contribution is -2.44. The zero-order valence-electron chi connectivity index (χ0n) is 14.2. The van der Waals surface area contributed by atoms with Gasteiger partial charge in [-0.3, -0.25) is 9.59 Å². The number of aromatic nitrogens is 2. The van der Waals surface area contributed by atoms with Crippen LogP contribution in [0.3, 0.4) is 0 Å². The number of likely N-dealkylation sites (tertiary alicyclic amines) is 1. The molecule has 1 fully saturated rings. The molecular weight excluding hydrogens is 340 g/mol. The second kappa shape index (κ2) is 7.77. The molecule has 1 aromatic carbocycles. The van der Waals surface area contributed by atoms with Crippen LogP contribution in [0.5, 0.6) is 5.75 Å². The Labute approximate surface area is 150 Å². The van der Waals surface area contributed by atoms with Crippen LogP contribution in [-0.4, -0.2) is 52.1 Å². The third-order valence-electron chi connectivity index (χ3n) is 4.25. The van der Waals surface area contributed by atoms with E-state index in [-0.39, 0.29) is 23.5 Å². The first-order chi connectivity index (χ1) is 12.1. The highest BCUT2D eigenvalue weighted by Crippen LogP contribution is 2.24. The van der Waals surface area contributed by atoms with E-state index in [4.69, 9.17) is 10.5 Å². The quantitative estimate of drug-likeness (QED) is 0.763. The zero-order valence-corrected chi connectivity index (χ0v) is 15.0. The van der Waals surface area contributed by atoms with Crippen molar-refractivity contribution in [1.82, 2.24) is 14.9 Å². The van der Waals surface area contributed by atoms with Gasteiger partial charge in [0.05, 0.1) is 29.3 Å². The molecule has 1 aliphatic rings. The molecule has 25 heavy (non-hydrogen) atoms. The molecule has 0 radical (unpaired) electrons. The molecule has 0 saturated carbocycles. The molecule has 3 N–H and O–H groups in total. The average Bonchev–Trinajstić information content (AvgIpc) is 3.02. The maximum atomic E-state index is 12.4. The van der Waals surface area contributed by atoms with Crippen molar-refractivity contribution in [2.24, 2.45) is 11.7 Å². The smallest absolute Gasteiger partial charge is 0.233 e. The number of amides is 2. The fourth-order valence-electron chi connectivity index (χ4n) is 2.95. The van der Waals surface area contributed by atoms with Gasteiger partial charge in [0.25, 0.3) is 0 Å². The predicted octanol–water partition coefficient (Wildman–Crippen LogP) is 1.78. The lowest BCUT2D eigenvalue weighted by Gasteiger charge is -2.31. The largest absolute Gasteiger partial charge is 0.494 e. The minimum Gasteiger partial charge on any atom is -0.494 e. The molecule has 7 nitrogen and oxygen atoms in total. The minimum atomic E-state index is -0.326. The zero-order chi connectivity index (χ0) is 17.8. The lowest BCUT2D eigenvalue weighted by atomic mass is 9.97. The van der Waals surface area contributed by atoms with Gasteiger partial charge in [-0.25, -0.2) is 4.98 Å². The molecule has 2 amide bonds. The molecule has 0 spiro atoms. The molecule has 2 aromatic rings. The van der Waals surface area contributed by atoms with Gasteiger partial charge in [-0.05, 0) is 31.9 Å². The number of H-pyrrole nitrogens is 1. The highest BCUT2D eigenvalue weighted by Gasteiger charge is 2.26. The Bertz CT molecular complexity index is 776. The van der Waals surface area contributed by atoms with Crippen molar-refractivity contribution in [2.45, 2.75) is 24.9 Å². The van der Waals surface area contributed by atoms with Crippen LogP contribution in [-0.2, 0) is 9.59 Å². The normalized spacial score (nSPS) is 17.6. The van der Waals surface area contributed by atoms with Gasteiger partial charge in [-0.15, -0.1) is 0 Å². The summed E-state index contributed by atoms with van der Waals surface area (Å²) in [5, 5.41) is 0.695. The summed E-state index contributed by atoms with van der Waals surface area (Å²) >= 11 is 1.36. The summed E-state index contributed by atoms with van der Waals surface area (Å²) in [6.07, 6.45) is 1.58. The van der Waals surface area contributed by atoms with E-state index in [1.165, 1.54) is 11.8 Å². The first kappa shape index (κ1) is 17.6. The predicted molar refractivity (Wildman–Crippen MR) is 96.5 cm³/mol. The third kappa shape index (κ3) is 4.25. The van der Waals surface area contributed by atoms with E-state index < -0.39 is 0 Å². The number of nitrogens with two attached hydrogens (primary N) is 1. The van der Waals surface area contributed by atoms with Gasteiger partial charge < -0.3 is 20.4 Å². The van der Waals surface area contributed by atoms with Gasteiger partial charge in [-0.2, -0.15) is 0 Å². The molecular formula is C17H22N4O3S. The van der Waals surface area contributed by atoms with Crippen molar-refractivity contribution in [3.63, 3.8) is 0 Å². The number of rotatable bonds is 6. The summed E-state index contributed by atoms with van der Waals surface area (Å²) in [6, 6.07) is 5.68. The Morgan fingerprint density at radius 3 is 3.08 bits per heavy atom. The number of hydrogen-bond acceptors (Lipinski definition) is 5. The fourth-order valence-corrected chi connectivity index (χ4v) is 3.74. The number of carbonyl (C=O) groups is 2. The molecule has 3 rings (SSSR count). The highest BCUT2D eigenvalue weighted by atomic mass is 32.2. The van der Waals surface area contributed by atoms with Crippen LogP contribution in [0.15, 0.2) is 23.4 Å². The summed E-state index contributed by atoms with van der Waals surface area (Å²) < 4.78 is 5.48. The molecule has 1 saturated heterocycles. The fraction of sp³-hybridized carbons (Fsp3) is 0.471. The number of aromatic amines is 1. The molecule has 1 atom stereocenters. The van der Waals surface area contributed by atoms with Gasteiger partial charge >= 0.3 is 0 Å². The van der Waals surface area contributed by atoms with E-state index >= 15 is 0 Å². The van der Waals surface area contributed by atoms with Gasteiger partial charge in [0.1, 0.15) is 5.75 Å². The van der Waals surface area contributed by atoms with Crippen LogP contribution >= 0.6 is 11.8 Å². The number of nitrogens with one attached hydrogen (secondary N) is 1. The van der Waals surface area contributed by atoms with Gasteiger partial charge in [0, 0.05) is 19.2 Å². The summed E-state index contributed by atoms with van der Waals surface area (Å²) in [5.74, 6) is 0.519. The van der Waals surface area contributed by atoms with E-state index in [0.717, 1.165) is 29.6 Å². The summed E-state index contributed by atoms with van der Waals surface area (Å²) in [4.78, 5) is 33.1. The first-order valence-corrected chi connectivity index (χ1v) is 9.38. The number of ether oxygens (including phenoxy) is 1. The Kier molecular flexibility index (Phi) is 5.47. The number of fused-ring (bicyclic) bond motifs is 1. The molecule has 1 aliphatic heterocycles. The minimum absolute atomic E-state index is 0.00594. The second-order valence-electron chi connectivity index (χ2n) is 6.02. The number of benzene rings is 1. The Morgan fingerprint density at radius 2 is 2.32 bits per heavy atom. The lowest BCUT2D eigenvalue weighted by molar-refractivity contribution is -0.132. The number of piperidine rings is 1. The van der Waals surface area contributed by atoms with Crippen molar-refractivity contribution in [3.05, 3.63) is 18.2 Å². The van der Waals surface area contributed by atoms with Gasteiger partial charge in [0.2, 0.25) is 11.8 Å². The van der Waals surface area contributed by atoms with Crippen molar-refractivity contribution in [1.29, 1.82) is 0 Å². The van der Waals surface area contributed by atoms with Crippen LogP contribution < -0.4 is 10.5 Å². The number of primary amides is 1. The highest BCUT2D eigenvalue weighted by molar-refractivity contribution is 7.99. The van der Waals surface area contributed by atoms with Crippen LogP contribution in [0.2, 0.25) is 0 Å². The third-order valence-corrected chi connectivity index (χ3v) is 5.11. The van der Waals surface area contributed by atoms with Crippen molar-refractivity contribution < 1.29 is 14.3 Å². The van der Waals surface area contributed by atoms with Crippen LogP contribution in [0.25, 0.3) is 11.0 Å². The maximum absolute atomic E-state index is 12.4. The summed E-state index contributed by atoms with van der Waals surface area (Å²) in [5.41, 5.74) is 7.08. The number of thioether (sulfide) groups is 1. The molecule has 134 valence electrons. The topological polar surface area (TPSA) is 101 Å². The average molecular weight is 362 g/mol. The van der Waals surface area contributed by atoms with Gasteiger partial charge in [-0.1, -0.05) is 11.8 Å². The second-order valence-corrected chi connectivity index (χ2v) is 6.99. The van der Waals surface area contributed by atoms with E-state index in [1.54, 1.807) is 4.90 Å². The van der Waals surface area contributed by atoms with E-state index in [2.05, 4.69) is 9.97 Å². The first-order valence-electron chi connectivity index (χ1n) is 8.39. The van der Waals surface area contributed by atoms with E-state index in [9.17, 15) is 9.59 Å². The van der Waals surface area contributed by atoms with Crippen LogP contribution in [0.1, 0.15) is 19.8 Å². The number of carbonyl (C=O) groups excluding carboxylic acids is 2. The van der Waals surface area contributed by atoms with Crippen molar-refractivity contribution >= 4 is 34.6 Å². The van der Waals surface area contributed by atoms with Crippen molar-refractivity contribution in [3.8, 4) is 5.75 Å². The van der Waals surface area contributed by atoms with Crippen molar-refractivity contribution in [2.75, 3.05) is 25.4 Å².